The van der Waals surface area contributed by atoms with Crippen molar-refractivity contribution in [2.24, 2.45) is 0 Å². The van der Waals surface area contributed by atoms with Crippen molar-refractivity contribution in [3.8, 4) is 5.75 Å². The van der Waals surface area contributed by atoms with Crippen molar-refractivity contribution in [1.29, 1.82) is 0 Å². The molecular weight excluding hydrogens is 324 g/mol. The van der Waals surface area contributed by atoms with Crippen molar-refractivity contribution in [2.45, 2.75) is 18.7 Å². The van der Waals surface area contributed by atoms with Gasteiger partial charge in [0.25, 0.3) is 0 Å². The first-order chi connectivity index (χ1) is 9.02. The van der Waals surface area contributed by atoms with Gasteiger partial charge in [-0.25, -0.2) is 0 Å². The molecular formula is C16H16BrClO. The predicted molar refractivity (Wildman–Crippen MR) is 84.7 cm³/mol. The first kappa shape index (κ1) is 14.4. The van der Waals surface area contributed by atoms with E-state index in [-0.39, 0.29) is 4.83 Å². The summed E-state index contributed by atoms with van der Waals surface area (Å²) in [6.45, 7) is 4.05. The van der Waals surface area contributed by atoms with E-state index in [1.54, 1.807) is 7.11 Å². The number of rotatable bonds is 3. The number of hydrogen-bond acceptors (Lipinski definition) is 1. The van der Waals surface area contributed by atoms with Crippen LogP contribution in [-0.4, -0.2) is 7.11 Å². The van der Waals surface area contributed by atoms with Gasteiger partial charge in [0.1, 0.15) is 5.75 Å². The van der Waals surface area contributed by atoms with Crippen molar-refractivity contribution in [2.75, 3.05) is 7.11 Å². The molecule has 0 aliphatic rings. The van der Waals surface area contributed by atoms with Crippen LogP contribution < -0.4 is 4.74 Å². The van der Waals surface area contributed by atoms with Crippen LogP contribution in [0.4, 0.5) is 0 Å². The van der Waals surface area contributed by atoms with Crippen molar-refractivity contribution < 1.29 is 4.74 Å². The molecule has 0 aromatic heterocycles. The SMILES string of the molecule is COc1ccc(C(Br)c2ccc(C)c(Cl)c2)cc1C. The number of hydrogen-bond donors (Lipinski definition) is 0. The van der Waals surface area contributed by atoms with Gasteiger partial charge in [0.15, 0.2) is 0 Å². The molecule has 2 rings (SSSR count). The molecule has 100 valence electrons. The molecule has 19 heavy (non-hydrogen) atoms. The lowest BCUT2D eigenvalue weighted by molar-refractivity contribution is 0.411. The second-order valence-corrected chi connectivity index (χ2v) is 5.92. The second kappa shape index (κ2) is 5.98. The molecule has 0 bridgehead atoms. The monoisotopic (exact) mass is 338 g/mol. The highest BCUT2D eigenvalue weighted by atomic mass is 79.9. The maximum atomic E-state index is 6.18. The van der Waals surface area contributed by atoms with Gasteiger partial charge in [0.05, 0.1) is 11.9 Å². The third kappa shape index (κ3) is 3.13. The van der Waals surface area contributed by atoms with E-state index in [1.807, 2.05) is 32.0 Å². The molecule has 2 aromatic carbocycles. The summed E-state index contributed by atoms with van der Waals surface area (Å²) in [5.74, 6) is 0.908. The van der Waals surface area contributed by atoms with E-state index in [2.05, 4.69) is 34.1 Å². The quantitative estimate of drug-likeness (QED) is 0.676. The van der Waals surface area contributed by atoms with Crippen LogP contribution in [0, 0.1) is 13.8 Å². The molecule has 0 saturated carbocycles. The Hall–Kier alpha value is -0.990. The summed E-state index contributed by atoms with van der Waals surface area (Å²) < 4.78 is 5.28. The molecule has 0 heterocycles. The lowest BCUT2D eigenvalue weighted by Gasteiger charge is -2.14. The van der Waals surface area contributed by atoms with E-state index >= 15 is 0 Å². The number of aryl methyl sites for hydroxylation is 2. The van der Waals surface area contributed by atoms with Crippen LogP contribution in [-0.2, 0) is 0 Å². The maximum absolute atomic E-state index is 6.18. The fraction of sp³-hybridized carbons (Fsp3) is 0.250. The summed E-state index contributed by atoms with van der Waals surface area (Å²) in [4.78, 5) is 0.134. The minimum Gasteiger partial charge on any atom is -0.496 e. The summed E-state index contributed by atoms with van der Waals surface area (Å²) in [5, 5.41) is 0.798. The van der Waals surface area contributed by atoms with E-state index in [4.69, 9.17) is 16.3 Å². The second-order valence-electron chi connectivity index (χ2n) is 4.60. The molecule has 0 spiro atoms. The van der Waals surface area contributed by atoms with Gasteiger partial charge < -0.3 is 4.74 Å². The molecule has 1 unspecified atom stereocenters. The van der Waals surface area contributed by atoms with Crippen LogP contribution in [0.15, 0.2) is 36.4 Å². The van der Waals surface area contributed by atoms with Crippen molar-refractivity contribution in [3.05, 3.63) is 63.7 Å². The molecule has 0 aliphatic heterocycles. The third-order valence-corrected chi connectivity index (χ3v) is 4.66. The maximum Gasteiger partial charge on any atom is 0.121 e. The largest absolute Gasteiger partial charge is 0.496 e. The first-order valence-corrected chi connectivity index (χ1v) is 7.37. The Bertz CT molecular complexity index is 595. The summed E-state index contributed by atoms with van der Waals surface area (Å²) in [6, 6.07) is 12.3. The van der Waals surface area contributed by atoms with Gasteiger partial charge in [0, 0.05) is 5.02 Å². The van der Waals surface area contributed by atoms with Gasteiger partial charge in [-0.2, -0.15) is 0 Å². The fourth-order valence-corrected chi connectivity index (χ4v) is 2.78. The molecule has 0 N–H and O–H groups in total. The standard InChI is InChI=1S/C16H16BrClO/c1-10-4-5-13(9-14(10)18)16(17)12-6-7-15(19-3)11(2)8-12/h4-9,16H,1-3H3. The van der Waals surface area contributed by atoms with Crippen LogP contribution in [0.3, 0.4) is 0 Å². The molecule has 0 radical (unpaired) electrons. The van der Waals surface area contributed by atoms with Gasteiger partial charge in [-0.1, -0.05) is 51.8 Å². The topological polar surface area (TPSA) is 9.23 Å². The highest BCUT2D eigenvalue weighted by Crippen LogP contribution is 2.34. The third-order valence-electron chi connectivity index (χ3n) is 3.20. The van der Waals surface area contributed by atoms with Crippen LogP contribution in [0.1, 0.15) is 27.1 Å². The molecule has 2 aromatic rings. The van der Waals surface area contributed by atoms with Crippen molar-refractivity contribution in [3.63, 3.8) is 0 Å². The Morgan fingerprint density at radius 1 is 1.00 bits per heavy atom. The number of benzene rings is 2. The molecule has 0 aliphatic carbocycles. The minimum absolute atomic E-state index is 0.134. The molecule has 0 amide bonds. The van der Waals surface area contributed by atoms with E-state index in [0.29, 0.717) is 0 Å². The zero-order valence-electron chi connectivity index (χ0n) is 11.2. The Morgan fingerprint density at radius 2 is 1.63 bits per heavy atom. The number of methoxy groups -OCH3 is 1. The molecule has 0 fully saturated rings. The van der Waals surface area contributed by atoms with E-state index in [1.165, 1.54) is 5.56 Å². The summed E-state index contributed by atoms with van der Waals surface area (Å²) in [7, 11) is 1.69. The average Bonchev–Trinajstić information content (AvgIpc) is 2.41. The minimum atomic E-state index is 0.134. The normalized spacial score (nSPS) is 12.3. The number of ether oxygens (including phenoxy) is 1. The summed E-state index contributed by atoms with van der Waals surface area (Å²) in [6.07, 6.45) is 0. The Balaban J connectivity index is 2.35. The molecule has 0 saturated heterocycles. The van der Waals surface area contributed by atoms with E-state index in [9.17, 15) is 0 Å². The van der Waals surface area contributed by atoms with Gasteiger partial charge in [0.2, 0.25) is 0 Å². The van der Waals surface area contributed by atoms with Crippen LogP contribution in [0.25, 0.3) is 0 Å². The zero-order valence-corrected chi connectivity index (χ0v) is 13.5. The summed E-state index contributed by atoms with van der Waals surface area (Å²) >= 11 is 9.92. The lowest BCUT2D eigenvalue weighted by atomic mass is 10.0. The van der Waals surface area contributed by atoms with Crippen molar-refractivity contribution >= 4 is 27.5 Å². The predicted octanol–water partition coefficient (Wildman–Crippen LogP) is 5.45. The Labute approximate surface area is 127 Å². The van der Waals surface area contributed by atoms with Gasteiger partial charge >= 0.3 is 0 Å². The van der Waals surface area contributed by atoms with Crippen LogP contribution in [0.2, 0.25) is 5.02 Å². The Morgan fingerprint density at radius 3 is 2.21 bits per heavy atom. The van der Waals surface area contributed by atoms with Crippen molar-refractivity contribution in [1.82, 2.24) is 0 Å². The van der Waals surface area contributed by atoms with Crippen LogP contribution >= 0.6 is 27.5 Å². The highest BCUT2D eigenvalue weighted by molar-refractivity contribution is 9.09. The van der Waals surface area contributed by atoms with E-state index in [0.717, 1.165) is 27.5 Å². The average molecular weight is 340 g/mol. The van der Waals surface area contributed by atoms with E-state index < -0.39 is 0 Å². The molecule has 1 nitrogen and oxygen atoms in total. The first-order valence-electron chi connectivity index (χ1n) is 6.07. The van der Waals surface area contributed by atoms with Gasteiger partial charge in [-0.3, -0.25) is 0 Å². The van der Waals surface area contributed by atoms with Gasteiger partial charge in [-0.15, -0.1) is 0 Å². The molecule has 3 heteroatoms. The van der Waals surface area contributed by atoms with Crippen LogP contribution in [0.5, 0.6) is 5.75 Å². The smallest absolute Gasteiger partial charge is 0.121 e. The number of alkyl halides is 1. The number of halogens is 2. The lowest BCUT2D eigenvalue weighted by Crippen LogP contribution is -1.95. The highest BCUT2D eigenvalue weighted by Gasteiger charge is 2.12. The fourth-order valence-electron chi connectivity index (χ4n) is 2.02. The zero-order chi connectivity index (χ0) is 14.0. The summed E-state index contributed by atoms with van der Waals surface area (Å²) in [5.41, 5.74) is 4.57. The molecule has 1 atom stereocenters. The van der Waals surface area contributed by atoms with Gasteiger partial charge in [-0.05, 0) is 48.2 Å². The Kier molecular flexibility index (Phi) is 4.54.